The van der Waals surface area contributed by atoms with Crippen LogP contribution in [0.5, 0.6) is 0 Å². The third-order valence-corrected chi connectivity index (χ3v) is 3.00. The average molecular weight is 335 g/mol. The standard InChI is InChI=1S/C11H13Br2NO/c1-2-14(8-7-12)11(15)9-3-5-10(13)6-4-9/h3-6H,2,7-8H2,1H3. The van der Waals surface area contributed by atoms with E-state index in [9.17, 15) is 4.79 Å². The molecule has 0 aliphatic heterocycles. The van der Waals surface area contributed by atoms with E-state index in [2.05, 4.69) is 31.9 Å². The van der Waals surface area contributed by atoms with Gasteiger partial charge in [0.1, 0.15) is 0 Å². The first-order valence-corrected chi connectivity index (χ1v) is 6.71. The second kappa shape index (κ2) is 6.28. The lowest BCUT2D eigenvalue weighted by molar-refractivity contribution is 0.0775. The van der Waals surface area contributed by atoms with E-state index < -0.39 is 0 Å². The fourth-order valence-electron chi connectivity index (χ4n) is 1.28. The molecule has 0 heterocycles. The predicted octanol–water partition coefficient (Wildman–Crippen LogP) is 3.31. The molecular weight excluding hydrogens is 322 g/mol. The van der Waals surface area contributed by atoms with Crippen LogP contribution in [0.15, 0.2) is 28.7 Å². The molecular formula is C11H13Br2NO. The van der Waals surface area contributed by atoms with E-state index in [0.29, 0.717) is 0 Å². The molecule has 0 unspecified atom stereocenters. The molecule has 0 radical (unpaired) electrons. The van der Waals surface area contributed by atoms with Crippen LogP contribution < -0.4 is 0 Å². The topological polar surface area (TPSA) is 20.3 Å². The summed E-state index contributed by atoms with van der Waals surface area (Å²) in [5, 5.41) is 0.809. The molecule has 0 spiro atoms. The minimum absolute atomic E-state index is 0.0875. The predicted molar refractivity (Wildman–Crippen MR) is 69.5 cm³/mol. The Morgan fingerprint density at radius 3 is 2.40 bits per heavy atom. The highest BCUT2D eigenvalue weighted by atomic mass is 79.9. The van der Waals surface area contributed by atoms with Crippen molar-refractivity contribution in [3.05, 3.63) is 34.3 Å². The van der Waals surface area contributed by atoms with Crippen LogP contribution in [0.1, 0.15) is 17.3 Å². The SMILES string of the molecule is CCN(CCBr)C(=O)c1ccc(Br)cc1. The Hall–Kier alpha value is -0.350. The molecule has 2 nitrogen and oxygen atoms in total. The van der Waals surface area contributed by atoms with Crippen molar-refractivity contribution in [2.45, 2.75) is 6.92 Å². The molecule has 0 saturated carbocycles. The van der Waals surface area contributed by atoms with Crippen molar-refractivity contribution in [2.24, 2.45) is 0 Å². The van der Waals surface area contributed by atoms with Gasteiger partial charge in [-0.25, -0.2) is 0 Å². The van der Waals surface area contributed by atoms with Crippen LogP contribution in [-0.4, -0.2) is 29.2 Å². The van der Waals surface area contributed by atoms with Crippen molar-refractivity contribution in [1.82, 2.24) is 4.90 Å². The Morgan fingerprint density at radius 2 is 1.93 bits per heavy atom. The molecule has 0 aliphatic carbocycles. The van der Waals surface area contributed by atoms with Crippen molar-refractivity contribution in [1.29, 1.82) is 0 Å². The Labute approximate surface area is 107 Å². The number of carbonyl (C=O) groups excluding carboxylic acids is 1. The van der Waals surface area contributed by atoms with Crippen molar-refractivity contribution in [3.8, 4) is 0 Å². The van der Waals surface area contributed by atoms with E-state index in [1.54, 1.807) is 0 Å². The lowest BCUT2D eigenvalue weighted by atomic mass is 10.2. The van der Waals surface area contributed by atoms with Crippen LogP contribution in [0.2, 0.25) is 0 Å². The summed E-state index contributed by atoms with van der Waals surface area (Å²) in [5.41, 5.74) is 0.737. The number of benzene rings is 1. The van der Waals surface area contributed by atoms with Crippen LogP contribution >= 0.6 is 31.9 Å². The molecule has 82 valence electrons. The van der Waals surface area contributed by atoms with Gasteiger partial charge in [0.05, 0.1) is 0 Å². The summed E-state index contributed by atoms with van der Waals surface area (Å²) in [7, 11) is 0. The number of halogens is 2. The van der Waals surface area contributed by atoms with Crippen LogP contribution in [0.25, 0.3) is 0 Å². The van der Waals surface area contributed by atoms with E-state index >= 15 is 0 Å². The van der Waals surface area contributed by atoms with Crippen LogP contribution in [-0.2, 0) is 0 Å². The number of carbonyl (C=O) groups is 1. The largest absolute Gasteiger partial charge is 0.338 e. The van der Waals surface area contributed by atoms with Crippen molar-refractivity contribution >= 4 is 37.8 Å². The second-order valence-corrected chi connectivity index (χ2v) is 4.79. The molecule has 1 rings (SSSR count). The summed E-state index contributed by atoms with van der Waals surface area (Å²) < 4.78 is 0.989. The molecule has 0 bridgehead atoms. The quantitative estimate of drug-likeness (QED) is 0.773. The summed E-state index contributed by atoms with van der Waals surface area (Å²) in [4.78, 5) is 13.8. The summed E-state index contributed by atoms with van der Waals surface area (Å²) in [5.74, 6) is 0.0875. The fraction of sp³-hybridized carbons (Fsp3) is 0.364. The zero-order valence-electron chi connectivity index (χ0n) is 8.54. The van der Waals surface area contributed by atoms with E-state index in [1.807, 2.05) is 36.1 Å². The van der Waals surface area contributed by atoms with Gasteiger partial charge in [-0.2, -0.15) is 0 Å². The molecule has 1 amide bonds. The third-order valence-electron chi connectivity index (χ3n) is 2.11. The summed E-state index contributed by atoms with van der Waals surface area (Å²) in [6.07, 6.45) is 0. The lowest BCUT2D eigenvalue weighted by Gasteiger charge is -2.19. The maximum absolute atomic E-state index is 12.0. The average Bonchev–Trinajstić information content (AvgIpc) is 2.26. The minimum Gasteiger partial charge on any atom is -0.338 e. The van der Waals surface area contributed by atoms with Gasteiger partial charge in [0.15, 0.2) is 0 Å². The van der Waals surface area contributed by atoms with Crippen LogP contribution in [0, 0.1) is 0 Å². The van der Waals surface area contributed by atoms with Gasteiger partial charge in [0.25, 0.3) is 5.91 Å². The van der Waals surface area contributed by atoms with Gasteiger partial charge in [0.2, 0.25) is 0 Å². The normalized spacial score (nSPS) is 10.1. The third kappa shape index (κ3) is 3.61. The smallest absolute Gasteiger partial charge is 0.253 e. The minimum atomic E-state index is 0.0875. The Bertz CT molecular complexity index is 324. The van der Waals surface area contributed by atoms with Gasteiger partial charge >= 0.3 is 0 Å². The highest BCUT2D eigenvalue weighted by molar-refractivity contribution is 9.10. The van der Waals surface area contributed by atoms with Gasteiger partial charge < -0.3 is 4.90 Å². The Kier molecular flexibility index (Phi) is 5.32. The maximum atomic E-state index is 12.0. The fourth-order valence-corrected chi connectivity index (χ4v) is 1.97. The number of amides is 1. The number of alkyl halides is 1. The van der Waals surface area contributed by atoms with Crippen LogP contribution in [0.4, 0.5) is 0 Å². The molecule has 0 aromatic heterocycles. The first kappa shape index (κ1) is 12.7. The van der Waals surface area contributed by atoms with Gasteiger partial charge in [-0.1, -0.05) is 31.9 Å². The van der Waals surface area contributed by atoms with Gasteiger partial charge in [-0.05, 0) is 31.2 Å². The first-order chi connectivity index (χ1) is 7.19. The molecule has 0 atom stereocenters. The zero-order chi connectivity index (χ0) is 11.3. The van der Waals surface area contributed by atoms with Crippen LogP contribution in [0.3, 0.4) is 0 Å². The number of rotatable bonds is 4. The number of hydrogen-bond acceptors (Lipinski definition) is 1. The summed E-state index contributed by atoms with van der Waals surface area (Å²) in [6, 6.07) is 7.44. The van der Waals surface area contributed by atoms with Gasteiger partial charge in [-0.15, -0.1) is 0 Å². The van der Waals surface area contributed by atoms with Crippen molar-refractivity contribution < 1.29 is 4.79 Å². The van der Waals surface area contributed by atoms with Crippen molar-refractivity contribution in [2.75, 3.05) is 18.4 Å². The van der Waals surface area contributed by atoms with Gasteiger partial charge in [-0.3, -0.25) is 4.79 Å². The maximum Gasteiger partial charge on any atom is 0.253 e. The Balaban J connectivity index is 2.78. The van der Waals surface area contributed by atoms with E-state index in [4.69, 9.17) is 0 Å². The highest BCUT2D eigenvalue weighted by Gasteiger charge is 2.12. The molecule has 1 aromatic carbocycles. The van der Waals surface area contributed by atoms with Crippen molar-refractivity contribution in [3.63, 3.8) is 0 Å². The Morgan fingerprint density at radius 1 is 1.33 bits per heavy atom. The molecule has 0 fully saturated rings. The zero-order valence-corrected chi connectivity index (χ0v) is 11.7. The lowest BCUT2D eigenvalue weighted by Crippen LogP contribution is -2.32. The van der Waals surface area contributed by atoms with E-state index in [1.165, 1.54) is 0 Å². The molecule has 1 aromatic rings. The number of nitrogens with zero attached hydrogens (tertiary/aromatic N) is 1. The number of hydrogen-bond donors (Lipinski definition) is 0. The second-order valence-electron chi connectivity index (χ2n) is 3.08. The van der Waals surface area contributed by atoms with E-state index in [-0.39, 0.29) is 5.91 Å². The monoisotopic (exact) mass is 333 g/mol. The molecule has 0 N–H and O–H groups in total. The molecule has 4 heteroatoms. The summed E-state index contributed by atoms with van der Waals surface area (Å²) >= 11 is 6.69. The molecule has 0 saturated heterocycles. The van der Waals surface area contributed by atoms with E-state index in [0.717, 1.165) is 28.5 Å². The molecule has 15 heavy (non-hydrogen) atoms. The van der Waals surface area contributed by atoms with Gasteiger partial charge in [0, 0.05) is 28.5 Å². The summed E-state index contributed by atoms with van der Waals surface area (Å²) in [6.45, 7) is 3.46. The molecule has 0 aliphatic rings. The highest BCUT2D eigenvalue weighted by Crippen LogP contribution is 2.12. The first-order valence-electron chi connectivity index (χ1n) is 4.79.